The van der Waals surface area contributed by atoms with Crippen molar-refractivity contribution < 1.29 is 14.3 Å². The molecule has 0 spiro atoms. The highest BCUT2D eigenvalue weighted by Gasteiger charge is 2.24. The lowest BCUT2D eigenvalue weighted by Gasteiger charge is -2.29. The van der Waals surface area contributed by atoms with Crippen molar-refractivity contribution in [3.63, 3.8) is 0 Å². The summed E-state index contributed by atoms with van der Waals surface area (Å²) in [6, 6.07) is 7.83. The molecule has 1 aliphatic heterocycles. The third-order valence-corrected chi connectivity index (χ3v) is 6.11. The Morgan fingerprint density at radius 2 is 2.10 bits per heavy atom. The number of unbranched alkanes of at least 4 members (excludes halogenated alkanes) is 1. The van der Waals surface area contributed by atoms with Gasteiger partial charge >= 0.3 is 5.97 Å². The van der Waals surface area contributed by atoms with E-state index in [9.17, 15) is 14.4 Å². The predicted octanol–water partition coefficient (Wildman–Crippen LogP) is 3.39. The van der Waals surface area contributed by atoms with E-state index in [1.807, 2.05) is 31.2 Å². The van der Waals surface area contributed by atoms with Crippen molar-refractivity contribution >= 4 is 39.1 Å². The zero-order valence-corrected chi connectivity index (χ0v) is 17.6. The van der Waals surface area contributed by atoms with Crippen molar-refractivity contribution in [2.75, 3.05) is 18.1 Å². The number of thiophene rings is 1. The number of carbonyl (C=O) groups excluding carboxylic acids is 2. The van der Waals surface area contributed by atoms with E-state index in [1.54, 1.807) is 10.3 Å². The van der Waals surface area contributed by atoms with Crippen molar-refractivity contribution in [3.05, 3.63) is 57.5 Å². The smallest absolute Gasteiger partial charge is 0.339 e. The third kappa shape index (κ3) is 3.87. The Morgan fingerprint density at radius 1 is 1.27 bits per heavy atom. The van der Waals surface area contributed by atoms with Gasteiger partial charge in [0.1, 0.15) is 11.4 Å². The summed E-state index contributed by atoms with van der Waals surface area (Å²) in [5.74, 6) is -0.699. The lowest BCUT2D eigenvalue weighted by atomic mass is 10.0. The summed E-state index contributed by atoms with van der Waals surface area (Å²) in [5, 5.41) is 1.82. The van der Waals surface area contributed by atoms with E-state index < -0.39 is 11.5 Å². The Bertz CT molecular complexity index is 1150. The number of hydrogen-bond acceptors (Lipinski definition) is 6. The molecule has 0 saturated heterocycles. The summed E-state index contributed by atoms with van der Waals surface area (Å²) in [4.78, 5) is 44.9. The molecule has 0 atom stereocenters. The molecule has 7 nitrogen and oxygen atoms in total. The molecule has 2 aromatic heterocycles. The Kier molecular flexibility index (Phi) is 5.94. The third-order valence-electron chi connectivity index (χ3n) is 5.23. The molecule has 0 radical (unpaired) electrons. The van der Waals surface area contributed by atoms with Gasteiger partial charge in [-0.2, -0.15) is 0 Å². The highest BCUT2D eigenvalue weighted by atomic mass is 32.1. The summed E-state index contributed by atoms with van der Waals surface area (Å²) < 4.78 is 6.54. The van der Waals surface area contributed by atoms with Gasteiger partial charge in [0.15, 0.2) is 0 Å². The van der Waals surface area contributed by atoms with Crippen LogP contribution in [0.1, 0.15) is 42.1 Å². The van der Waals surface area contributed by atoms with E-state index in [0.717, 1.165) is 36.9 Å². The van der Waals surface area contributed by atoms with Gasteiger partial charge in [-0.15, -0.1) is 11.3 Å². The van der Waals surface area contributed by atoms with Gasteiger partial charge < -0.3 is 9.64 Å². The number of esters is 1. The standard InChI is InChI=1S/C22H23N3O4S/c1-2-3-11-29-22(28)16-13-30-20-19(16)21(27)24(14-23-20)12-18(26)25-10-6-8-15-7-4-5-9-17(15)25/h4-5,7,9,13-14H,2-3,6,8,10-12H2,1H3. The Labute approximate surface area is 177 Å². The molecule has 4 rings (SSSR count). The lowest BCUT2D eigenvalue weighted by molar-refractivity contribution is -0.119. The molecule has 0 unspecified atom stereocenters. The van der Waals surface area contributed by atoms with Gasteiger partial charge in [-0.1, -0.05) is 31.5 Å². The first kappa shape index (κ1) is 20.3. The quantitative estimate of drug-likeness (QED) is 0.447. The highest BCUT2D eigenvalue weighted by Crippen LogP contribution is 2.27. The molecule has 1 aliphatic rings. The molecule has 3 heterocycles. The Hall–Kier alpha value is -3.00. The molecule has 0 aliphatic carbocycles. The van der Waals surface area contributed by atoms with Crippen molar-refractivity contribution in [3.8, 4) is 0 Å². The second-order valence-electron chi connectivity index (χ2n) is 7.27. The van der Waals surface area contributed by atoms with E-state index >= 15 is 0 Å². The van der Waals surface area contributed by atoms with Crippen LogP contribution in [0.3, 0.4) is 0 Å². The van der Waals surface area contributed by atoms with Gasteiger partial charge in [-0.05, 0) is 30.9 Å². The van der Waals surface area contributed by atoms with Gasteiger partial charge in [-0.25, -0.2) is 9.78 Å². The number of hydrogen-bond donors (Lipinski definition) is 0. The summed E-state index contributed by atoms with van der Waals surface area (Å²) in [6.45, 7) is 2.81. The maximum atomic E-state index is 13.1. The van der Waals surface area contributed by atoms with Crippen LogP contribution in [0.2, 0.25) is 0 Å². The second kappa shape index (κ2) is 8.79. The maximum absolute atomic E-state index is 13.1. The van der Waals surface area contributed by atoms with Crippen molar-refractivity contribution in [1.29, 1.82) is 0 Å². The molecule has 3 aromatic rings. The van der Waals surface area contributed by atoms with Gasteiger partial charge in [-0.3, -0.25) is 14.2 Å². The Morgan fingerprint density at radius 3 is 2.93 bits per heavy atom. The number of rotatable bonds is 6. The zero-order chi connectivity index (χ0) is 21.1. The first-order valence-corrected chi connectivity index (χ1v) is 11.0. The molecule has 30 heavy (non-hydrogen) atoms. The number of anilines is 1. The molecule has 0 N–H and O–H groups in total. The highest BCUT2D eigenvalue weighted by molar-refractivity contribution is 7.17. The van der Waals surface area contributed by atoms with E-state index in [0.29, 0.717) is 18.0 Å². The van der Waals surface area contributed by atoms with Gasteiger partial charge in [0.25, 0.3) is 5.56 Å². The van der Waals surface area contributed by atoms with Crippen LogP contribution in [0.4, 0.5) is 5.69 Å². The van der Waals surface area contributed by atoms with E-state index in [4.69, 9.17) is 4.74 Å². The number of aromatic nitrogens is 2. The van der Waals surface area contributed by atoms with E-state index in [2.05, 4.69) is 4.98 Å². The number of fused-ring (bicyclic) bond motifs is 2. The van der Waals surface area contributed by atoms with Crippen LogP contribution in [0.25, 0.3) is 10.2 Å². The summed E-state index contributed by atoms with van der Waals surface area (Å²) in [7, 11) is 0. The van der Waals surface area contributed by atoms with Crippen LogP contribution < -0.4 is 10.5 Å². The number of aryl methyl sites for hydroxylation is 1. The maximum Gasteiger partial charge on any atom is 0.339 e. The minimum atomic E-state index is -0.525. The molecule has 8 heteroatoms. The van der Waals surface area contributed by atoms with Gasteiger partial charge in [0, 0.05) is 17.6 Å². The number of para-hydroxylation sites is 1. The van der Waals surface area contributed by atoms with Crippen LogP contribution in [0.5, 0.6) is 0 Å². The molecule has 0 saturated carbocycles. The van der Waals surface area contributed by atoms with E-state index in [-0.39, 0.29) is 23.4 Å². The lowest BCUT2D eigenvalue weighted by Crippen LogP contribution is -2.39. The molecular weight excluding hydrogens is 402 g/mol. The molecule has 1 aromatic carbocycles. The van der Waals surface area contributed by atoms with Crippen LogP contribution in [-0.2, 0) is 22.5 Å². The number of benzene rings is 1. The molecule has 0 fully saturated rings. The number of carbonyl (C=O) groups is 2. The minimum Gasteiger partial charge on any atom is -0.462 e. The average molecular weight is 426 g/mol. The zero-order valence-electron chi connectivity index (χ0n) is 16.8. The van der Waals surface area contributed by atoms with Crippen LogP contribution in [0, 0.1) is 0 Å². The number of ether oxygens (including phenoxy) is 1. The topological polar surface area (TPSA) is 81.5 Å². The molecule has 156 valence electrons. The van der Waals surface area contributed by atoms with Crippen LogP contribution >= 0.6 is 11.3 Å². The number of amides is 1. The fourth-order valence-electron chi connectivity index (χ4n) is 3.64. The fourth-order valence-corrected chi connectivity index (χ4v) is 4.51. The normalized spacial score (nSPS) is 13.3. The first-order valence-electron chi connectivity index (χ1n) is 10.1. The first-order chi connectivity index (χ1) is 14.6. The second-order valence-corrected chi connectivity index (χ2v) is 8.13. The van der Waals surface area contributed by atoms with Gasteiger partial charge in [0.2, 0.25) is 5.91 Å². The van der Waals surface area contributed by atoms with E-state index in [1.165, 1.54) is 22.2 Å². The minimum absolute atomic E-state index is 0.129. The summed E-state index contributed by atoms with van der Waals surface area (Å²) >= 11 is 1.22. The van der Waals surface area contributed by atoms with Crippen molar-refractivity contribution in [2.24, 2.45) is 0 Å². The largest absolute Gasteiger partial charge is 0.462 e. The number of nitrogens with zero attached hydrogens (tertiary/aromatic N) is 3. The van der Waals surface area contributed by atoms with Gasteiger partial charge in [0.05, 0.1) is 23.9 Å². The van der Waals surface area contributed by atoms with Crippen LogP contribution in [0.15, 0.2) is 40.8 Å². The predicted molar refractivity (Wildman–Crippen MR) is 116 cm³/mol. The monoisotopic (exact) mass is 425 g/mol. The average Bonchev–Trinajstić information content (AvgIpc) is 3.20. The van der Waals surface area contributed by atoms with Crippen molar-refractivity contribution in [1.82, 2.24) is 9.55 Å². The van der Waals surface area contributed by atoms with Crippen molar-refractivity contribution in [2.45, 2.75) is 39.2 Å². The molecule has 0 bridgehead atoms. The Balaban J connectivity index is 1.60. The SMILES string of the molecule is CCCCOC(=O)c1csc2ncn(CC(=O)N3CCCc4ccccc43)c(=O)c12. The molecular formula is C22H23N3O4S. The summed E-state index contributed by atoms with van der Waals surface area (Å²) in [5.41, 5.74) is 1.84. The summed E-state index contributed by atoms with van der Waals surface area (Å²) in [6.07, 6.45) is 4.87. The van der Waals surface area contributed by atoms with Crippen LogP contribution in [-0.4, -0.2) is 34.6 Å². The molecule has 1 amide bonds. The fraction of sp³-hybridized carbons (Fsp3) is 0.364.